The molecule has 0 spiro atoms. The third-order valence-electron chi connectivity index (χ3n) is 1.98. The van der Waals surface area contributed by atoms with Crippen molar-refractivity contribution in [1.82, 2.24) is 0 Å². The molecule has 0 radical (unpaired) electrons. The number of anilines is 1. The molecular weight excluding hydrogens is 238 g/mol. The lowest BCUT2D eigenvalue weighted by molar-refractivity contribution is -0.384. The first kappa shape index (κ1) is 13.6. The smallest absolute Gasteiger partial charge is 0.313 e. The van der Waals surface area contributed by atoms with Crippen LogP contribution in [0.2, 0.25) is 0 Å². The maximum Gasteiger partial charge on any atom is 0.313 e. The zero-order valence-electron chi connectivity index (χ0n) is 9.80. The predicted molar refractivity (Wildman–Crippen MR) is 65.7 cm³/mol. The van der Waals surface area contributed by atoms with E-state index in [0.29, 0.717) is 5.69 Å². The summed E-state index contributed by atoms with van der Waals surface area (Å²) in [6.45, 7) is 1.93. The molecule has 1 aromatic carbocycles. The van der Waals surface area contributed by atoms with Gasteiger partial charge < -0.3 is 10.1 Å². The molecule has 1 rings (SSSR count). The molecule has 7 nitrogen and oxygen atoms in total. The van der Waals surface area contributed by atoms with Gasteiger partial charge in [0.1, 0.15) is 12.3 Å². The summed E-state index contributed by atoms with van der Waals surface area (Å²) >= 11 is 0. The number of hydrogen-bond acceptors (Lipinski definition) is 5. The maximum atomic E-state index is 11.1. The second kappa shape index (κ2) is 6.33. The number of esters is 1. The van der Waals surface area contributed by atoms with Crippen molar-refractivity contribution in [3.63, 3.8) is 0 Å². The summed E-state index contributed by atoms with van der Waals surface area (Å²) in [5, 5.41) is 20.7. The Balaban J connectivity index is 2.62. The number of non-ortho nitro benzene ring substituents is 1. The molecule has 2 N–H and O–H groups in total. The molecule has 18 heavy (non-hydrogen) atoms. The standard InChI is InChI=1S/C11H13N3O4/c1-2-18-11(15)7-10(12)13-8-4-3-5-9(6-8)14(16)17/h3-6H,2,7H2,1H3,(H2,12,13). The summed E-state index contributed by atoms with van der Waals surface area (Å²) in [6.07, 6.45) is -0.198. The molecule has 0 aliphatic rings. The molecule has 0 aliphatic carbocycles. The van der Waals surface area contributed by atoms with Gasteiger partial charge in [-0.1, -0.05) is 6.07 Å². The van der Waals surface area contributed by atoms with Crippen LogP contribution in [0.4, 0.5) is 11.4 Å². The Kier molecular flexibility index (Phi) is 4.79. The van der Waals surface area contributed by atoms with Gasteiger partial charge in [0.05, 0.1) is 11.5 Å². The molecule has 0 fully saturated rings. The largest absolute Gasteiger partial charge is 0.466 e. The first-order valence-corrected chi connectivity index (χ1v) is 5.27. The highest BCUT2D eigenvalue weighted by Gasteiger charge is 2.09. The van der Waals surface area contributed by atoms with Crippen LogP contribution in [0, 0.1) is 15.5 Å². The highest BCUT2D eigenvalue weighted by molar-refractivity contribution is 6.03. The summed E-state index contributed by atoms with van der Waals surface area (Å²) < 4.78 is 4.68. The van der Waals surface area contributed by atoms with Crippen molar-refractivity contribution in [3.05, 3.63) is 34.4 Å². The average Bonchev–Trinajstić information content (AvgIpc) is 2.29. The molecular formula is C11H13N3O4. The Morgan fingerprint density at radius 2 is 2.28 bits per heavy atom. The van der Waals surface area contributed by atoms with Gasteiger partial charge in [-0.2, -0.15) is 0 Å². The number of carbonyl (C=O) groups excluding carboxylic acids is 1. The third-order valence-corrected chi connectivity index (χ3v) is 1.98. The van der Waals surface area contributed by atoms with E-state index < -0.39 is 10.9 Å². The minimum Gasteiger partial charge on any atom is -0.466 e. The summed E-state index contributed by atoms with van der Waals surface area (Å²) in [5.41, 5.74) is 0.308. The molecule has 1 aromatic rings. The van der Waals surface area contributed by atoms with Gasteiger partial charge >= 0.3 is 5.97 Å². The van der Waals surface area contributed by atoms with Crippen molar-refractivity contribution in [2.45, 2.75) is 13.3 Å². The predicted octanol–water partition coefficient (Wildman–Crippen LogP) is 1.94. The van der Waals surface area contributed by atoms with Crippen LogP contribution in [-0.4, -0.2) is 23.3 Å². The van der Waals surface area contributed by atoms with E-state index in [0.717, 1.165) is 0 Å². The van der Waals surface area contributed by atoms with Gasteiger partial charge in [-0.15, -0.1) is 0 Å². The molecule has 0 saturated heterocycles. The minimum absolute atomic E-state index is 0.0750. The van der Waals surface area contributed by atoms with Crippen LogP contribution < -0.4 is 5.32 Å². The van der Waals surface area contributed by atoms with E-state index in [9.17, 15) is 14.9 Å². The van der Waals surface area contributed by atoms with Crippen LogP contribution >= 0.6 is 0 Å². The molecule has 0 heterocycles. The van der Waals surface area contributed by atoms with Gasteiger partial charge in [0, 0.05) is 17.8 Å². The number of nitrogens with zero attached hydrogens (tertiary/aromatic N) is 1. The lowest BCUT2D eigenvalue weighted by atomic mass is 10.2. The Morgan fingerprint density at radius 3 is 2.89 bits per heavy atom. The molecule has 0 saturated carbocycles. The Hall–Kier alpha value is -2.44. The van der Waals surface area contributed by atoms with Gasteiger partial charge in [-0.3, -0.25) is 20.3 Å². The fourth-order valence-electron chi connectivity index (χ4n) is 1.27. The van der Waals surface area contributed by atoms with Crippen LogP contribution in [0.25, 0.3) is 0 Å². The number of nitro groups is 1. The monoisotopic (exact) mass is 251 g/mol. The van der Waals surface area contributed by atoms with Gasteiger partial charge in [0.2, 0.25) is 0 Å². The SMILES string of the molecule is CCOC(=O)CC(=N)Nc1cccc([N+](=O)[O-])c1. The first-order chi connectivity index (χ1) is 8.52. The van der Waals surface area contributed by atoms with Crippen molar-refractivity contribution in [3.8, 4) is 0 Å². The fourth-order valence-corrected chi connectivity index (χ4v) is 1.27. The molecule has 0 aromatic heterocycles. The molecule has 7 heteroatoms. The van der Waals surface area contributed by atoms with Crippen molar-refractivity contribution >= 4 is 23.2 Å². The lowest BCUT2D eigenvalue weighted by Gasteiger charge is -2.07. The Morgan fingerprint density at radius 1 is 1.56 bits per heavy atom. The number of rotatable bonds is 5. The van der Waals surface area contributed by atoms with E-state index in [2.05, 4.69) is 10.1 Å². The second-order valence-electron chi connectivity index (χ2n) is 3.39. The number of amidine groups is 1. The van der Waals surface area contributed by atoms with Crippen LogP contribution in [0.5, 0.6) is 0 Å². The topological polar surface area (TPSA) is 105 Å². The van der Waals surface area contributed by atoms with Crippen LogP contribution in [0.3, 0.4) is 0 Å². The molecule has 0 atom stereocenters. The third kappa shape index (κ3) is 4.20. The summed E-state index contributed by atoms with van der Waals surface area (Å²) in [7, 11) is 0. The van der Waals surface area contributed by atoms with Crippen molar-refractivity contribution in [2.24, 2.45) is 0 Å². The van der Waals surface area contributed by atoms with Gasteiger partial charge in [-0.25, -0.2) is 0 Å². The minimum atomic E-state index is -0.528. The van der Waals surface area contributed by atoms with Gasteiger partial charge in [0.15, 0.2) is 0 Å². The zero-order chi connectivity index (χ0) is 13.5. The highest BCUT2D eigenvalue weighted by Crippen LogP contribution is 2.17. The van der Waals surface area contributed by atoms with E-state index in [1.807, 2.05) is 0 Å². The van der Waals surface area contributed by atoms with E-state index in [1.54, 1.807) is 13.0 Å². The number of nitro benzene ring substituents is 1. The first-order valence-electron chi connectivity index (χ1n) is 5.27. The van der Waals surface area contributed by atoms with Crippen LogP contribution in [-0.2, 0) is 9.53 Å². The second-order valence-corrected chi connectivity index (χ2v) is 3.39. The molecule has 0 amide bonds. The number of ether oxygens (including phenoxy) is 1. The van der Waals surface area contributed by atoms with E-state index in [-0.39, 0.29) is 24.6 Å². The summed E-state index contributed by atoms with van der Waals surface area (Å²) in [6, 6.07) is 5.71. The zero-order valence-corrected chi connectivity index (χ0v) is 9.80. The van der Waals surface area contributed by atoms with Crippen molar-refractivity contribution < 1.29 is 14.5 Å². The normalized spacial score (nSPS) is 9.61. The van der Waals surface area contributed by atoms with E-state index >= 15 is 0 Å². The Bertz CT molecular complexity index is 473. The van der Waals surface area contributed by atoms with Crippen LogP contribution in [0.1, 0.15) is 13.3 Å². The highest BCUT2D eigenvalue weighted by atomic mass is 16.6. The van der Waals surface area contributed by atoms with E-state index in [4.69, 9.17) is 5.41 Å². The summed E-state index contributed by atoms with van der Waals surface area (Å²) in [4.78, 5) is 21.1. The van der Waals surface area contributed by atoms with Gasteiger partial charge in [0.25, 0.3) is 5.69 Å². The van der Waals surface area contributed by atoms with Crippen molar-refractivity contribution in [1.29, 1.82) is 5.41 Å². The molecule has 0 aliphatic heterocycles. The number of nitrogens with one attached hydrogen (secondary N) is 2. The van der Waals surface area contributed by atoms with Gasteiger partial charge in [-0.05, 0) is 13.0 Å². The molecule has 0 bridgehead atoms. The molecule has 96 valence electrons. The maximum absolute atomic E-state index is 11.1. The van der Waals surface area contributed by atoms with E-state index in [1.165, 1.54) is 18.2 Å². The van der Waals surface area contributed by atoms with Crippen molar-refractivity contribution in [2.75, 3.05) is 11.9 Å². The average molecular weight is 251 g/mol. The molecule has 0 unspecified atom stereocenters. The lowest BCUT2D eigenvalue weighted by Crippen LogP contribution is -2.17. The quantitative estimate of drug-likeness (QED) is 0.273. The van der Waals surface area contributed by atoms with Crippen LogP contribution in [0.15, 0.2) is 24.3 Å². The summed E-state index contributed by atoms with van der Waals surface area (Å²) in [5.74, 6) is -0.589. The number of carbonyl (C=O) groups is 1. The fraction of sp³-hybridized carbons (Fsp3) is 0.273. The number of hydrogen-bond donors (Lipinski definition) is 2. The number of benzene rings is 1. The Labute approximate surface area is 103 Å².